The first-order chi connectivity index (χ1) is 11.7. The van der Waals surface area contributed by atoms with E-state index in [2.05, 4.69) is 39.8 Å². The monoisotopic (exact) mass is 338 g/mol. The number of phenols is 1. The number of rotatable bonds is 0. The van der Waals surface area contributed by atoms with E-state index in [9.17, 15) is 9.90 Å². The van der Waals surface area contributed by atoms with Crippen molar-refractivity contribution in [2.45, 2.75) is 65.7 Å². The lowest BCUT2D eigenvalue weighted by molar-refractivity contribution is -0.127. The number of Topliss-reactive ketones (excluding diaryl/α,β-unsaturated/α-hetero) is 1. The van der Waals surface area contributed by atoms with E-state index < -0.39 is 0 Å². The lowest BCUT2D eigenvalue weighted by Crippen LogP contribution is -2.42. The number of aryl methyl sites for hydroxylation is 1. The Hall–Kier alpha value is -1.57. The predicted molar refractivity (Wildman–Crippen MR) is 101 cm³/mol. The molecule has 134 valence electrons. The molecule has 2 fully saturated rings. The number of hydrogen-bond donors (Lipinski definition) is 1. The van der Waals surface area contributed by atoms with E-state index in [0.717, 1.165) is 37.7 Å². The van der Waals surface area contributed by atoms with Crippen molar-refractivity contribution in [1.29, 1.82) is 0 Å². The molecule has 3 aliphatic carbocycles. The van der Waals surface area contributed by atoms with Crippen molar-refractivity contribution < 1.29 is 9.90 Å². The van der Waals surface area contributed by atoms with Gasteiger partial charge in [-0.15, -0.1) is 0 Å². The molecule has 0 aliphatic heterocycles. The summed E-state index contributed by atoms with van der Waals surface area (Å²) >= 11 is 0. The first-order valence-electron chi connectivity index (χ1n) is 9.77. The highest BCUT2D eigenvalue weighted by Gasteiger charge is 2.56. The third kappa shape index (κ3) is 2.65. The summed E-state index contributed by atoms with van der Waals surface area (Å²) in [6.07, 6.45) is 7.47. The van der Waals surface area contributed by atoms with Crippen molar-refractivity contribution in [1.82, 2.24) is 0 Å². The second kappa shape index (κ2) is 5.46. The fraction of sp³-hybridized carbons (Fsp3) is 0.609. The number of benzene rings is 1. The molecule has 0 saturated heterocycles. The molecule has 2 heteroatoms. The van der Waals surface area contributed by atoms with Gasteiger partial charge in [-0.3, -0.25) is 4.79 Å². The highest BCUT2D eigenvalue weighted by Crippen LogP contribution is 2.61. The van der Waals surface area contributed by atoms with Gasteiger partial charge in [0.15, 0.2) is 5.78 Å². The molecule has 4 atom stereocenters. The zero-order valence-electron chi connectivity index (χ0n) is 15.9. The van der Waals surface area contributed by atoms with Gasteiger partial charge in [-0.1, -0.05) is 39.8 Å². The van der Waals surface area contributed by atoms with Crippen molar-refractivity contribution >= 4 is 5.78 Å². The quantitative estimate of drug-likeness (QED) is 0.643. The van der Waals surface area contributed by atoms with Crippen LogP contribution in [-0.2, 0) is 11.2 Å². The van der Waals surface area contributed by atoms with E-state index >= 15 is 0 Å². The van der Waals surface area contributed by atoms with Crippen LogP contribution in [-0.4, -0.2) is 10.9 Å². The zero-order chi connectivity index (χ0) is 18.0. The van der Waals surface area contributed by atoms with E-state index in [1.54, 1.807) is 0 Å². The number of aromatic hydroxyl groups is 1. The van der Waals surface area contributed by atoms with Crippen LogP contribution < -0.4 is 0 Å². The van der Waals surface area contributed by atoms with Gasteiger partial charge in [0.25, 0.3) is 0 Å². The van der Waals surface area contributed by atoms with Crippen molar-refractivity contribution in [3.05, 3.63) is 41.0 Å². The molecule has 0 spiro atoms. The highest BCUT2D eigenvalue weighted by atomic mass is 16.3. The fourth-order valence-electron chi connectivity index (χ4n) is 5.89. The minimum atomic E-state index is -0.160. The number of ketones is 1. The number of carbonyl (C=O) groups is 1. The van der Waals surface area contributed by atoms with Crippen LogP contribution in [0.25, 0.3) is 0 Å². The number of carbonyl (C=O) groups excluding carboxylic acids is 1. The number of phenolic OH excluding ortho intramolecular Hbond substituents is 1. The molecule has 2 nitrogen and oxygen atoms in total. The highest BCUT2D eigenvalue weighted by molar-refractivity contribution is 6.02. The van der Waals surface area contributed by atoms with Crippen LogP contribution in [0, 0.1) is 22.7 Å². The van der Waals surface area contributed by atoms with Crippen LogP contribution in [0.5, 0.6) is 5.75 Å². The van der Waals surface area contributed by atoms with E-state index in [1.807, 2.05) is 12.1 Å². The Balaban J connectivity index is 1.70. The van der Waals surface area contributed by atoms with Gasteiger partial charge in [0, 0.05) is 5.41 Å². The summed E-state index contributed by atoms with van der Waals surface area (Å²) in [5.41, 5.74) is 3.73. The topological polar surface area (TPSA) is 37.3 Å². The Morgan fingerprint density at radius 3 is 2.72 bits per heavy atom. The maximum atomic E-state index is 13.2. The summed E-state index contributed by atoms with van der Waals surface area (Å²) in [5, 5.41) is 9.80. The Bertz CT molecular complexity index is 752. The molecule has 0 heterocycles. The summed E-state index contributed by atoms with van der Waals surface area (Å²) in [4.78, 5) is 13.2. The normalized spacial score (nSPS) is 36.1. The third-order valence-corrected chi connectivity index (χ3v) is 6.96. The molecule has 0 aromatic heterocycles. The predicted octanol–water partition coefficient (Wildman–Crippen LogP) is 5.40. The standard InChI is InChI=1S/C23H30O2/c1-22(2,3)13-15-12-20-19-7-5-14-11-16(24)6-8-17(14)18(19)9-10-23(20,4)21(15)25/h6,8,11,13,18-20,24H,5,7,9-10,12H2,1-4H3. The minimum Gasteiger partial charge on any atom is -0.508 e. The molecule has 0 amide bonds. The van der Waals surface area contributed by atoms with Crippen LogP contribution >= 0.6 is 0 Å². The van der Waals surface area contributed by atoms with Crippen molar-refractivity contribution in [2.75, 3.05) is 0 Å². The molecule has 4 rings (SSSR count). The molecule has 2 saturated carbocycles. The van der Waals surface area contributed by atoms with Crippen LogP contribution in [0.3, 0.4) is 0 Å². The van der Waals surface area contributed by atoms with Crippen LogP contribution in [0.4, 0.5) is 0 Å². The summed E-state index contributed by atoms with van der Waals surface area (Å²) in [5.74, 6) is 2.44. The Morgan fingerprint density at radius 1 is 1.24 bits per heavy atom. The third-order valence-electron chi connectivity index (χ3n) is 6.96. The summed E-state index contributed by atoms with van der Waals surface area (Å²) in [6.45, 7) is 8.78. The smallest absolute Gasteiger partial charge is 0.164 e. The van der Waals surface area contributed by atoms with Gasteiger partial charge < -0.3 is 5.11 Å². The SMILES string of the molecule is CC(C)(C)C=C1CC2C3CCc4cc(O)ccc4C3CCC2(C)C1=O. The van der Waals surface area contributed by atoms with Crippen molar-refractivity contribution in [2.24, 2.45) is 22.7 Å². The maximum absolute atomic E-state index is 13.2. The molecule has 3 aliphatic rings. The molecule has 1 aromatic rings. The summed E-state index contributed by atoms with van der Waals surface area (Å²) in [7, 11) is 0. The molecular formula is C23H30O2. The van der Waals surface area contributed by atoms with Gasteiger partial charge in [-0.25, -0.2) is 0 Å². The van der Waals surface area contributed by atoms with Gasteiger partial charge in [-0.2, -0.15) is 0 Å². The summed E-state index contributed by atoms with van der Waals surface area (Å²) < 4.78 is 0. The zero-order valence-corrected chi connectivity index (χ0v) is 15.9. The molecule has 4 unspecified atom stereocenters. The largest absolute Gasteiger partial charge is 0.508 e. The number of hydrogen-bond acceptors (Lipinski definition) is 2. The first-order valence-corrected chi connectivity index (χ1v) is 9.77. The average Bonchev–Trinajstić information content (AvgIpc) is 2.77. The Labute approximate surface area is 151 Å². The maximum Gasteiger partial charge on any atom is 0.164 e. The van der Waals surface area contributed by atoms with E-state index in [4.69, 9.17) is 0 Å². The van der Waals surface area contributed by atoms with Crippen LogP contribution in [0.2, 0.25) is 0 Å². The molecule has 0 radical (unpaired) electrons. The summed E-state index contributed by atoms with van der Waals surface area (Å²) in [6, 6.07) is 5.91. The van der Waals surface area contributed by atoms with Crippen LogP contribution in [0.1, 0.15) is 70.4 Å². The number of allylic oxidation sites excluding steroid dienone is 2. The molecule has 1 aromatic carbocycles. The van der Waals surface area contributed by atoms with E-state index in [1.165, 1.54) is 11.1 Å². The minimum absolute atomic E-state index is 0.0605. The Kier molecular flexibility index (Phi) is 3.69. The Morgan fingerprint density at radius 2 is 2.00 bits per heavy atom. The lowest BCUT2D eigenvalue weighted by Gasteiger charge is -2.48. The second-order valence-electron chi connectivity index (χ2n) is 9.82. The first kappa shape index (κ1) is 16.9. The van der Waals surface area contributed by atoms with Crippen molar-refractivity contribution in [3.63, 3.8) is 0 Å². The van der Waals surface area contributed by atoms with Gasteiger partial charge in [0.1, 0.15) is 5.75 Å². The van der Waals surface area contributed by atoms with E-state index in [-0.39, 0.29) is 10.8 Å². The average molecular weight is 338 g/mol. The van der Waals surface area contributed by atoms with Gasteiger partial charge >= 0.3 is 0 Å². The van der Waals surface area contributed by atoms with E-state index in [0.29, 0.717) is 29.3 Å². The number of fused-ring (bicyclic) bond motifs is 5. The van der Waals surface area contributed by atoms with Gasteiger partial charge in [0.2, 0.25) is 0 Å². The van der Waals surface area contributed by atoms with Gasteiger partial charge in [-0.05, 0) is 84.1 Å². The van der Waals surface area contributed by atoms with Crippen LogP contribution in [0.15, 0.2) is 29.8 Å². The molecular weight excluding hydrogens is 308 g/mol. The molecule has 25 heavy (non-hydrogen) atoms. The van der Waals surface area contributed by atoms with Crippen molar-refractivity contribution in [3.8, 4) is 5.75 Å². The molecule has 1 N–H and O–H groups in total. The van der Waals surface area contributed by atoms with Gasteiger partial charge in [0.05, 0.1) is 0 Å². The lowest BCUT2D eigenvalue weighted by atomic mass is 9.55. The molecule has 0 bridgehead atoms. The second-order valence-corrected chi connectivity index (χ2v) is 9.82. The fourth-order valence-corrected chi connectivity index (χ4v) is 5.89.